The van der Waals surface area contributed by atoms with Crippen LogP contribution < -0.4 is 9.64 Å². The van der Waals surface area contributed by atoms with E-state index in [1.165, 1.54) is 59.4 Å². The van der Waals surface area contributed by atoms with Gasteiger partial charge in [-0.3, -0.25) is 0 Å². The SMILES string of the molecule is CCN(Cc1ccc(C2CCN(C)CC2)cc1)c1cc(OC)ccc1[C@@H]1CCc2cc(O)ccc2C1. The molecule has 0 saturated carbocycles. The van der Waals surface area contributed by atoms with E-state index in [2.05, 4.69) is 72.3 Å². The maximum atomic E-state index is 9.90. The maximum absolute atomic E-state index is 9.90. The lowest BCUT2D eigenvalue weighted by molar-refractivity contribution is 0.255. The Morgan fingerprint density at radius 1 is 0.917 bits per heavy atom. The van der Waals surface area contributed by atoms with Gasteiger partial charge >= 0.3 is 0 Å². The first kappa shape index (κ1) is 24.7. The van der Waals surface area contributed by atoms with Gasteiger partial charge in [0.2, 0.25) is 0 Å². The molecule has 0 bridgehead atoms. The van der Waals surface area contributed by atoms with Crippen LogP contribution in [0.3, 0.4) is 0 Å². The third-order valence-corrected chi connectivity index (χ3v) is 8.36. The number of phenolic OH excluding ortho intramolecular Hbond substituents is 1. The molecule has 3 aromatic rings. The molecule has 0 radical (unpaired) electrons. The summed E-state index contributed by atoms with van der Waals surface area (Å²) in [6.45, 7) is 6.47. The van der Waals surface area contributed by atoms with E-state index in [1.807, 2.05) is 12.1 Å². The third kappa shape index (κ3) is 5.39. The van der Waals surface area contributed by atoms with Crippen molar-refractivity contribution in [2.75, 3.05) is 38.7 Å². The molecule has 1 heterocycles. The van der Waals surface area contributed by atoms with Crippen LogP contribution >= 0.6 is 0 Å². The van der Waals surface area contributed by atoms with Crippen molar-refractivity contribution >= 4 is 5.69 Å². The predicted molar refractivity (Wildman–Crippen MR) is 149 cm³/mol. The molecule has 0 aromatic heterocycles. The molecule has 1 atom stereocenters. The van der Waals surface area contributed by atoms with E-state index in [4.69, 9.17) is 4.74 Å². The lowest BCUT2D eigenvalue weighted by Gasteiger charge is -2.32. The first-order valence-corrected chi connectivity index (χ1v) is 13.5. The number of hydrogen-bond donors (Lipinski definition) is 1. The molecule has 1 aliphatic heterocycles. The molecule has 5 rings (SSSR count). The van der Waals surface area contributed by atoms with Crippen LogP contribution in [-0.4, -0.2) is 43.8 Å². The molecule has 190 valence electrons. The van der Waals surface area contributed by atoms with Crippen molar-refractivity contribution in [2.45, 2.75) is 57.4 Å². The third-order valence-electron chi connectivity index (χ3n) is 8.36. The number of ether oxygens (including phenoxy) is 1. The van der Waals surface area contributed by atoms with Crippen LogP contribution in [0.2, 0.25) is 0 Å². The second-order valence-corrected chi connectivity index (χ2v) is 10.7. The maximum Gasteiger partial charge on any atom is 0.120 e. The number of aromatic hydroxyl groups is 1. The first-order valence-electron chi connectivity index (χ1n) is 13.5. The number of benzene rings is 3. The summed E-state index contributed by atoms with van der Waals surface area (Å²) in [7, 11) is 3.97. The summed E-state index contributed by atoms with van der Waals surface area (Å²) in [6, 6.07) is 21.8. The quantitative estimate of drug-likeness (QED) is 0.415. The fraction of sp³-hybridized carbons (Fsp3) is 0.438. The zero-order valence-corrected chi connectivity index (χ0v) is 22.0. The number of nitrogens with zero attached hydrogens (tertiary/aromatic N) is 2. The second-order valence-electron chi connectivity index (χ2n) is 10.7. The summed E-state index contributed by atoms with van der Waals surface area (Å²) in [6.07, 6.45) is 5.63. The molecule has 1 aliphatic carbocycles. The van der Waals surface area contributed by atoms with Crippen molar-refractivity contribution in [3.8, 4) is 11.5 Å². The van der Waals surface area contributed by atoms with Crippen LogP contribution in [0.4, 0.5) is 5.69 Å². The van der Waals surface area contributed by atoms with E-state index in [1.54, 1.807) is 7.11 Å². The lowest BCUT2D eigenvalue weighted by Crippen LogP contribution is -2.29. The van der Waals surface area contributed by atoms with Gasteiger partial charge < -0.3 is 19.6 Å². The van der Waals surface area contributed by atoms with Crippen LogP contribution in [0, 0.1) is 0 Å². The Morgan fingerprint density at radius 3 is 2.42 bits per heavy atom. The van der Waals surface area contributed by atoms with E-state index in [9.17, 15) is 5.11 Å². The largest absolute Gasteiger partial charge is 0.508 e. The average Bonchev–Trinajstić information content (AvgIpc) is 2.92. The van der Waals surface area contributed by atoms with Crippen LogP contribution in [0.1, 0.15) is 65.8 Å². The Morgan fingerprint density at radius 2 is 1.69 bits per heavy atom. The molecule has 36 heavy (non-hydrogen) atoms. The van der Waals surface area contributed by atoms with Gasteiger partial charge in [0.15, 0.2) is 0 Å². The minimum absolute atomic E-state index is 0.372. The number of rotatable bonds is 7. The number of phenols is 1. The van der Waals surface area contributed by atoms with Gasteiger partial charge in [0.25, 0.3) is 0 Å². The molecule has 1 fully saturated rings. The van der Waals surface area contributed by atoms with Crippen LogP contribution in [0.15, 0.2) is 60.7 Å². The van der Waals surface area contributed by atoms with Crippen molar-refractivity contribution in [1.82, 2.24) is 4.90 Å². The smallest absolute Gasteiger partial charge is 0.120 e. The number of hydrogen-bond acceptors (Lipinski definition) is 4. The minimum Gasteiger partial charge on any atom is -0.508 e. The van der Waals surface area contributed by atoms with Crippen molar-refractivity contribution in [3.05, 3.63) is 88.5 Å². The predicted octanol–water partition coefficient (Wildman–Crippen LogP) is 6.51. The number of aryl methyl sites for hydroxylation is 1. The molecule has 1 saturated heterocycles. The average molecular weight is 485 g/mol. The van der Waals surface area contributed by atoms with E-state index >= 15 is 0 Å². The summed E-state index contributed by atoms with van der Waals surface area (Å²) in [5.41, 5.74) is 8.18. The fourth-order valence-corrected chi connectivity index (χ4v) is 6.10. The normalized spacial score (nSPS) is 18.6. The highest BCUT2D eigenvalue weighted by molar-refractivity contribution is 5.60. The monoisotopic (exact) mass is 484 g/mol. The Bertz CT molecular complexity index is 1170. The Hall–Kier alpha value is -2.98. The zero-order valence-electron chi connectivity index (χ0n) is 22.0. The number of fused-ring (bicyclic) bond motifs is 1. The van der Waals surface area contributed by atoms with Crippen LogP contribution in [-0.2, 0) is 19.4 Å². The molecular formula is C32H40N2O2. The van der Waals surface area contributed by atoms with E-state index in [0.717, 1.165) is 38.1 Å². The molecule has 4 nitrogen and oxygen atoms in total. The van der Waals surface area contributed by atoms with Gasteiger partial charge in [-0.2, -0.15) is 0 Å². The fourth-order valence-electron chi connectivity index (χ4n) is 6.10. The van der Waals surface area contributed by atoms with Crippen molar-refractivity contribution in [1.29, 1.82) is 0 Å². The number of anilines is 1. The molecule has 0 unspecified atom stereocenters. The molecule has 0 spiro atoms. The molecular weight excluding hydrogens is 444 g/mol. The second kappa shape index (κ2) is 11.0. The van der Waals surface area contributed by atoms with Crippen molar-refractivity contribution in [2.24, 2.45) is 0 Å². The topological polar surface area (TPSA) is 35.9 Å². The van der Waals surface area contributed by atoms with Gasteiger partial charge in [-0.25, -0.2) is 0 Å². The van der Waals surface area contributed by atoms with Gasteiger partial charge in [-0.1, -0.05) is 36.4 Å². The van der Waals surface area contributed by atoms with Crippen LogP contribution in [0.5, 0.6) is 11.5 Å². The first-order chi connectivity index (χ1) is 17.5. The molecule has 1 N–H and O–H groups in total. The summed E-state index contributed by atoms with van der Waals surface area (Å²) in [4.78, 5) is 4.93. The highest BCUT2D eigenvalue weighted by atomic mass is 16.5. The molecule has 4 heteroatoms. The van der Waals surface area contributed by atoms with Gasteiger partial charge in [-0.05, 0) is 117 Å². The molecule has 2 aliphatic rings. The highest BCUT2D eigenvalue weighted by Gasteiger charge is 2.25. The summed E-state index contributed by atoms with van der Waals surface area (Å²) in [5, 5.41) is 9.90. The zero-order chi connectivity index (χ0) is 25.1. The molecule has 0 amide bonds. The van der Waals surface area contributed by atoms with Crippen molar-refractivity contribution in [3.63, 3.8) is 0 Å². The van der Waals surface area contributed by atoms with E-state index < -0.39 is 0 Å². The van der Waals surface area contributed by atoms with Crippen molar-refractivity contribution < 1.29 is 9.84 Å². The number of methoxy groups -OCH3 is 1. The standard InChI is InChI=1S/C32H40N2O2/c1-4-34(22-23-5-7-24(8-6-23)25-15-17-33(2)18-16-25)32-21-30(36-3)13-14-31(32)28-10-9-27-20-29(35)12-11-26(27)19-28/h5-8,11-14,20-21,25,28,35H,4,9-10,15-19,22H2,1-3H3/t28-/m1/s1. The Kier molecular flexibility index (Phi) is 7.52. The van der Waals surface area contributed by atoms with Gasteiger partial charge in [0.05, 0.1) is 7.11 Å². The minimum atomic E-state index is 0.372. The van der Waals surface area contributed by atoms with Gasteiger partial charge in [-0.15, -0.1) is 0 Å². The van der Waals surface area contributed by atoms with E-state index in [-0.39, 0.29) is 0 Å². The Balaban J connectivity index is 1.37. The summed E-state index contributed by atoms with van der Waals surface area (Å²) >= 11 is 0. The summed E-state index contributed by atoms with van der Waals surface area (Å²) in [5.74, 6) is 2.43. The highest BCUT2D eigenvalue weighted by Crippen LogP contribution is 2.40. The van der Waals surface area contributed by atoms with Gasteiger partial charge in [0.1, 0.15) is 11.5 Å². The Labute approximate surface area is 216 Å². The van der Waals surface area contributed by atoms with E-state index in [0.29, 0.717) is 17.6 Å². The molecule has 3 aromatic carbocycles. The number of likely N-dealkylation sites (tertiary alicyclic amines) is 1. The lowest BCUT2D eigenvalue weighted by atomic mass is 9.79. The van der Waals surface area contributed by atoms with Crippen LogP contribution in [0.25, 0.3) is 0 Å². The number of piperidine rings is 1. The van der Waals surface area contributed by atoms with Gasteiger partial charge in [0, 0.05) is 24.8 Å². The summed E-state index contributed by atoms with van der Waals surface area (Å²) < 4.78 is 5.64.